The zero-order valence-corrected chi connectivity index (χ0v) is 11.9. The SMILES string of the molecule is CCCOc1nc(NC(C)CS(C)=O)ccc1N. The van der Waals surface area contributed by atoms with Crippen molar-refractivity contribution in [3.63, 3.8) is 0 Å². The molecule has 0 radical (unpaired) electrons. The van der Waals surface area contributed by atoms with Gasteiger partial charge in [-0.15, -0.1) is 0 Å². The van der Waals surface area contributed by atoms with Crippen LogP contribution in [0.1, 0.15) is 20.3 Å². The van der Waals surface area contributed by atoms with Crippen LogP contribution in [0.4, 0.5) is 11.5 Å². The molecule has 6 heteroatoms. The van der Waals surface area contributed by atoms with Gasteiger partial charge in [-0.1, -0.05) is 6.92 Å². The van der Waals surface area contributed by atoms with E-state index in [1.165, 1.54) is 0 Å². The maximum Gasteiger partial charge on any atom is 0.239 e. The van der Waals surface area contributed by atoms with Crippen molar-refractivity contribution in [3.05, 3.63) is 12.1 Å². The lowest BCUT2D eigenvalue weighted by Gasteiger charge is -2.14. The highest BCUT2D eigenvalue weighted by Gasteiger charge is 2.08. The van der Waals surface area contributed by atoms with Crippen molar-refractivity contribution >= 4 is 22.3 Å². The Morgan fingerprint density at radius 2 is 2.28 bits per heavy atom. The number of nitrogen functional groups attached to an aromatic ring is 1. The second kappa shape index (κ2) is 7.20. The van der Waals surface area contributed by atoms with Crippen LogP contribution in [0.2, 0.25) is 0 Å². The van der Waals surface area contributed by atoms with Crippen LogP contribution in [0.5, 0.6) is 5.88 Å². The van der Waals surface area contributed by atoms with Crippen LogP contribution < -0.4 is 15.8 Å². The molecule has 3 N–H and O–H groups in total. The molecule has 18 heavy (non-hydrogen) atoms. The Kier molecular flexibility index (Phi) is 5.91. The first-order valence-corrected chi connectivity index (χ1v) is 7.71. The van der Waals surface area contributed by atoms with Crippen molar-refractivity contribution < 1.29 is 8.95 Å². The molecule has 0 aliphatic heterocycles. The predicted octanol–water partition coefficient (Wildman–Crippen LogP) is 1.63. The normalized spacial score (nSPS) is 13.9. The summed E-state index contributed by atoms with van der Waals surface area (Å²) in [6.07, 6.45) is 2.59. The van der Waals surface area contributed by atoms with Crippen LogP contribution in [0.25, 0.3) is 0 Å². The number of anilines is 2. The first-order valence-electron chi connectivity index (χ1n) is 5.98. The largest absolute Gasteiger partial charge is 0.476 e. The van der Waals surface area contributed by atoms with Gasteiger partial charge >= 0.3 is 0 Å². The Balaban J connectivity index is 2.68. The quantitative estimate of drug-likeness (QED) is 0.788. The molecule has 1 heterocycles. The third-order valence-electron chi connectivity index (χ3n) is 2.21. The average Bonchev–Trinajstić information content (AvgIpc) is 2.28. The van der Waals surface area contributed by atoms with E-state index in [4.69, 9.17) is 10.5 Å². The van der Waals surface area contributed by atoms with E-state index in [0.717, 1.165) is 6.42 Å². The highest BCUT2D eigenvalue weighted by molar-refractivity contribution is 7.84. The third-order valence-corrected chi connectivity index (χ3v) is 3.18. The molecule has 0 saturated carbocycles. The van der Waals surface area contributed by atoms with Gasteiger partial charge in [-0.2, -0.15) is 4.98 Å². The molecular formula is C12H21N3O2S. The van der Waals surface area contributed by atoms with Gasteiger partial charge in [-0.25, -0.2) is 0 Å². The molecule has 1 aromatic rings. The zero-order chi connectivity index (χ0) is 13.5. The number of pyridine rings is 1. The summed E-state index contributed by atoms with van der Waals surface area (Å²) >= 11 is 0. The van der Waals surface area contributed by atoms with E-state index in [1.54, 1.807) is 18.4 Å². The molecule has 0 bridgehead atoms. The molecule has 2 unspecified atom stereocenters. The monoisotopic (exact) mass is 271 g/mol. The highest BCUT2D eigenvalue weighted by atomic mass is 32.2. The standard InChI is InChI=1S/C12H21N3O2S/c1-4-7-17-12-10(13)5-6-11(15-12)14-9(2)8-18(3)16/h5-6,9H,4,7-8,13H2,1-3H3,(H,14,15). The van der Waals surface area contributed by atoms with Gasteiger partial charge in [0.1, 0.15) is 5.82 Å². The van der Waals surface area contributed by atoms with Gasteiger partial charge in [0, 0.05) is 28.9 Å². The van der Waals surface area contributed by atoms with Gasteiger partial charge in [0.25, 0.3) is 0 Å². The van der Waals surface area contributed by atoms with Crippen molar-refractivity contribution in [3.8, 4) is 5.88 Å². The maximum absolute atomic E-state index is 11.1. The van der Waals surface area contributed by atoms with Crippen LogP contribution >= 0.6 is 0 Å². The average molecular weight is 271 g/mol. The van der Waals surface area contributed by atoms with Gasteiger partial charge in [0.05, 0.1) is 12.3 Å². The molecule has 2 atom stereocenters. The summed E-state index contributed by atoms with van der Waals surface area (Å²) in [7, 11) is -0.830. The van der Waals surface area contributed by atoms with Crippen LogP contribution in [0.15, 0.2) is 12.1 Å². The predicted molar refractivity (Wildman–Crippen MR) is 76.5 cm³/mol. The number of hydrogen-bond donors (Lipinski definition) is 2. The lowest BCUT2D eigenvalue weighted by atomic mass is 10.3. The van der Waals surface area contributed by atoms with Gasteiger partial charge in [-0.3, -0.25) is 4.21 Å². The molecule has 1 aromatic heterocycles. The Morgan fingerprint density at radius 1 is 1.56 bits per heavy atom. The van der Waals surface area contributed by atoms with Crippen LogP contribution in [0, 0.1) is 0 Å². The number of nitrogens with zero attached hydrogens (tertiary/aromatic N) is 1. The lowest BCUT2D eigenvalue weighted by Crippen LogP contribution is -2.23. The van der Waals surface area contributed by atoms with E-state index in [1.807, 2.05) is 13.8 Å². The first kappa shape index (κ1) is 14.8. The zero-order valence-electron chi connectivity index (χ0n) is 11.1. The van der Waals surface area contributed by atoms with E-state index < -0.39 is 10.8 Å². The summed E-state index contributed by atoms with van der Waals surface area (Å²) in [6, 6.07) is 3.64. The smallest absolute Gasteiger partial charge is 0.239 e. The topological polar surface area (TPSA) is 77.2 Å². The minimum absolute atomic E-state index is 0.0889. The molecule has 102 valence electrons. The Bertz CT molecular complexity index is 412. The number of rotatable bonds is 7. The van der Waals surface area contributed by atoms with Crippen molar-refractivity contribution in [2.24, 2.45) is 0 Å². The number of aromatic nitrogens is 1. The van der Waals surface area contributed by atoms with Crippen molar-refractivity contribution in [2.75, 3.05) is 29.7 Å². The van der Waals surface area contributed by atoms with Crippen LogP contribution in [0.3, 0.4) is 0 Å². The summed E-state index contributed by atoms with van der Waals surface area (Å²) < 4.78 is 16.6. The molecule has 0 amide bonds. The first-order chi connectivity index (χ1) is 8.52. The van der Waals surface area contributed by atoms with Crippen LogP contribution in [-0.4, -0.2) is 33.9 Å². The fourth-order valence-corrected chi connectivity index (χ4v) is 2.28. The van der Waals surface area contributed by atoms with Crippen molar-refractivity contribution in [1.29, 1.82) is 0 Å². The van der Waals surface area contributed by atoms with Gasteiger partial charge < -0.3 is 15.8 Å². The number of nitrogens with two attached hydrogens (primary N) is 1. The van der Waals surface area contributed by atoms with E-state index in [9.17, 15) is 4.21 Å². The number of hydrogen-bond acceptors (Lipinski definition) is 5. The molecule has 0 aromatic carbocycles. The summed E-state index contributed by atoms with van der Waals surface area (Å²) in [5.41, 5.74) is 6.31. The molecule has 0 spiro atoms. The minimum Gasteiger partial charge on any atom is -0.476 e. The van der Waals surface area contributed by atoms with Crippen molar-refractivity contribution in [1.82, 2.24) is 4.98 Å². The molecular weight excluding hydrogens is 250 g/mol. The molecule has 0 aliphatic rings. The van der Waals surface area contributed by atoms with Gasteiger partial charge in [0.15, 0.2) is 0 Å². The second-order valence-corrected chi connectivity index (χ2v) is 5.70. The summed E-state index contributed by atoms with van der Waals surface area (Å²) in [5, 5.41) is 3.18. The summed E-state index contributed by atoms with van der Waals surface area (Å²) in [4.78, 5) is 4.30. The molecule has 0 saturated heterocycles. The molecule has 5 nitrogen and oxygen atoms in total. The van der Waals surface area contributed by atoms with Gasteiger partial charge in [0.2, 0.25) is 5.88 Å². The maximum atomic E-state index is 11.1. The lowest BCUT2D eigenvalue weighted by molar-refractivity contribution is 0.307. The third kappa shape index (κ3) is 4.91. The molecule has 0 aliphatic carbocycles. The van der Waals surface area contributed by atoms with E-state index >= 15 is 0 Å². The Labute approximate surface area is 111 Å². The van der Waals surface area contributed by atoms with E-state index in [2.05, 4.69) is 10.3 Å². The van der Waals surface area contributed by atoms with E-state index in [0.29, 0.717) is 29.7 Å². The fraction of sp³-hybridized carbons (Fsp3) is 0.583. The fourth-order valence-electron chi connectivity index (χ4n) is 1.49. The summed E-state index contributed by atoms with van der Waals surface area (Å²) in [6.45, 7) is 4.58. The number of ether oxygens (including phenoxy) is 1. The highest BCUT2D eigenvalue weighted by Crippen LogP contribution is 2.21. The molecule has 0 fully saturated rings. The molecule has 1 rings (SSSR count). The summed E-state index contributed by atoms with van der Waals surface area (Å²) in [5.74, 6) is 1.72. The number of nitrogens with one attached hydrogen (secondary N) is 1. The van der Waals surface area contributed by atoms with E-state index in [-0.39, 0.29) is 6.04 Å². The van der Waals surface area contributed by atoms with Gasteiger partial charge in [-0.05, 0) is 25.5 Å². The minimum atomic E-state index is -0.830. The van der Waals surface area contributed by atoms with Crippen LogP contribution in [-0.2, 0) is 10.8 Å². The Hall–Kier alpha value is -1.30. The Morgan fingerprint density at radius 3 is 2.89 bits per heavy atom. The second-order valence-electron chi connectivity index (χ2n) is 4.22. The van der Waals surface area contributed by atoms with Crippen molar-refractivity contribution in [2.45, 2.75) is 26.3 Å².